The van der Waals surface area contributed by atoms with E-state index in [1.807, 2.05) is 115 Å². The number of nitrogens with zero attached hydrogens (tertiary/aromatic N) is 2. The van der Waals surface area contributed by atoms with Crippen LogP contribution in [0.25, 0.3) is 11.1 Å². The number of fused-ring (bicyclic) bond motifs is 3. The number of carbonyl (C=O) groups excluding carboxylic acids is 2. The third-order valence-electron chi connectivity index (χ3n) is 11.5. The normalized spacial score (nSPS) is 13.2. The Kier molecular flexibility index (Phi) is 10.5. The van der Waals surface area contributed by atoms with Gasteiger partial charge in [-0.3, -0.25) is 9.69 Å². The highest BCUT2D eigenvalue weighted by Gasteiger charge is 2.63. The van der Waals surface area contributed by atoms with E-state index in [-0.39, 0.29) is 37.0 Å². The highest BCUT2D eigenvalue weighted by Crippen LogP contribution is 2.52. The maximum Gasteiger partial charge on any atom is 0.410 e. The van der Waals surface area contributed by atoms with E-state index in [2.05, 4.69) is 39.6 Å². The summed E-state index contributed by atoms with van der Waals surface area (Å²) >= 11 is 0. The van der Waals surface area contributed by atoms with Gasteiger partial charge in [-0.25, -0.2) is 9.78 Å². The molecule has 1 atom stereocenters. The van der Waals surface area contributed by atoms with Gasteiger partial charge in [-0.05, 0) is 63.1 Å². The lowest BCUT2D eigenvalue weighted by atomic mass is 9.55. The molecule has 0 aliphatic heterocycles. The van der Waals surface area contributed by atoms with Crippen molar-refractivity contribution in [3.63, 3.8) is 0 Å². The van der Waals surface area contributed by atoms with E-state index in [0.717, 1.165) is 38.9 Å². The monoisotopic (exact) mass is 768 g/mol. The molecule has 8 rings (SSSR count). The molecule has 0 saturated heterocycles. The van der Waals surface area contributed by atoms with Crippen LogP contribution in [0.5, 0.6) is 11.5 Å². The Balaban J connectivity index is 1.30. The highest BCUT2D eigenvalue weighted by atomic mass is 16.6. The standard InChI is InChI=1S/C49H44N4O5/c1-53(47(57)58-32-43-41-23-13-11-21-39(41)40-22-12-14-24-42(40)43)48(30-38-31-50-33-52-38,46(56)51-28-27-34-25-26-44(54)45(55)29-34)49(35-15-5-2-6-16-35,36-17-7-3-8-18-36)37-19-9-4-10-20-37/h2-26,29,31,33,43,54-55H,27-28,30,32H2,1H3,(H,50,52)(H,51,56)/t48-/m0/s1. The van der Waals surface area contributed by atoms with Gasteiger partial charge in [0.15, 0.2) is 11.5 Å². The van der Waals surface area contributed by atoms with Crippen LogP contribution >= 0.6 is 0 Å². The van der Waals surface area contributed by atoms with Gasteiger partial charge < -0.3 is 25.3 Å². The summed E-state index contributed by atoms with van der Waals surface area (Å²) < 4.78 is 6.41. The molecular formula is C49H44N4O5. The number of likely N-dealkylation sites (N-methyl/N-ethyl adjacent to an activating group) is 1. The van der Waals surface area contributed by atoms with Crippen molar-refractivity contribution in [3.8, 4) is 22.6 Å². The van der Waals surface area contributed by atoms with Crippen LogP contribution in [0.3, 0.4) is 0 Å². The number of phenolic OH excluding ortho intramolecular Hbond substituents is 2. The first-order chi connectivity index (χ1) is 28.3. The number of phenols is 2. The highest BCUT2D eigenvalue weighted by molar-refractivity contribution is 5.95. The number of aromatic hydroxyl groups is 2. The summed E-state index contributed by atoms with van der Waals surface area (Å²) in [6, 6.07) is 50.4. The zero-order chi connectivity index (χ0) is 40.1. The van der Waals surface area contributed by atoms with Gasteiger partial charge in [0.1, 0.15) is 12.1 Å². The van der Waals surface area contributed by atoms with Crippen molar-refractivity contribution in [1.29, 1.82) is 0 Å². The van der Waals surface area contributed by atoms with Crippen molar-refractivity contribution in [2.45, 2.75) is 29.7 Å². The quantitative estimate of drug-likeness (QED) is 0.0690. The third-order valence-corrected chi connectivity index (χ3v) is 11.5. The number of benzene rings is 6. The molecule has 1 aromatic heterocycles. The zero-order valence-electron chi connectivity index (χ0n) is 32.1. The SMILES string of the molecule is CN(C(=O)OCC1c2ccccc2-c2ccccc21)[C@@](Cc1cnc[nH]1)(C(=O)NCCc1ccc(O)c(O)c1)C(c1ccccc1)(c1ccccc1)c1ccccc1. The van der Waals surface area contributed by atoms with Crippen LogP contribution in [0.15, 0.2) is 170 Å². The summed E-state index contributed by atoms with van der Waals surface area (Å²) in [5.74, 6) is -1.11. The van der Waals surface area contributed by atoms with Gasteiger partial charge in [0.2, 0.25) is 5.91 Å². The van der Waals surface area contributed by atoms with Gasteiger partial charge >= 0.3 is 6.09 Å². The molecule has 0 spiro atoms. The maximum atomic E-state index is 15.9. The second-order valence-corrected chi connectivity index (χ2v) is 14.7. The largest absolute Gasteiger partial charge is 0.504 e. The van der Waals surface area contributed by atoms with Crippen LogP contribution in [-0.4, -0.2) is 62.8 Å². The Labute approximate surface area is 337 Å². The number of ether oxygens (including phenoxy) is 1. The molecule has 0 saturated carbocycles. The van der Waals surface area contributed by atoms with Gasteiger partial charge in [-0.2, -0.15) is 0 Å². The van der Waals surface area contributed by atoms with Gasteiger partial charge in [0.25, 0.3) is 0 Å². The van der Waals surface area contributed by atoms with E-state index in [1.54, 1.807) is 25.6 Å². The predicted octanol–water partition coefficient (Wildman–Crippen LogP) is 8.38. The molecule has 0 radical (unpaired) electrons. The van der Waals surface area contributed by atoms with Gasteiger partial charge in [0.05, 0.1) is 11.7 Å². The van der Waals surface area contributed by atoms with Gasteiger partial charge in [-0.15, -0.1) is 0 Å². The smallest absolute Gasteiger partial charge is 0.410 e. The Morgan fingerprint density at radius 3 is 1.78 bits per heavy atom. The molecule has 4 N–H and O–H groups in total. The lowest BCUT2D eigenvalue weighted by Crippen LogP contribution is -2.72. The summed E-state index contributed by atoms with van der Waals surface area (Å²) in [5, 5.41) is 23.4. The summed E-state index contributed by atoms with van der Waals surface area (Å²) in [6.07, 6.45) is 2.92. The molecule has 6 aromatic carbocycles. The average Bonchev–Trinajstić information content (AvgIpc) is 3.90. The van der Waals surface area contributed by atoms with E-state index < -0.39 is 23.0 Å². The first kappa shape index (κ1) is 37.8. The van der Waals surface area contributed by atoms with E-state index in [1.165, 1.54) is 17.0 Å². The fraction of sp³-hybridized carbons (Fsp3) is 0.163. The molecule has 0 bridgehead atoms. The topological polar surface area (TPSA) is 128 Å². The van der Waals surface area contributed by atoms with Crippen molar-refractivity contribution in [2.75, 3.05) is 20.2 Å². The van der Waals surface area contributed by atoms with Crippen molar-refractivity contribution >= 4 is 12.0 Å². The third kappa shape index (κ3) is 6.64. The number of imidazole rings is 1. The van der Waals surface area contributed by atoms with Crippen molar-refractivity contribution in [2.24, 2.45) is 0 Å². The van der Waals surface area contributed by atoms with Crippen LogP contribution < -0.4 is 5.32 Å². The molecule has 1 aliphatic carbocycles. The minimum Gasteiger partial charge on any atom is -0.504 e. The molecule has 2 amide bonds. The van der Waals surface area contributed by atoms with E-state index in [0.29, 0.717) is 17.7 Å². The average molecular weight is 769 g/mol. The predicted molar refractivity (Wildman–Crippen MR) is 224 cm³/mol. The lowest BCUT2D eigenvalue weighted by molar-refractivity contribution is -0.135. The first-order valence-electron chi connectivity index (χ1n) is 19.4. The Morgan fingerprint density at radius 2 is 1.26 bits per heavy atom. The van der Waals surface area contributed by atoms with Crippen LogP contribution in [0, 0.1) is 0 Å². The maximum absolute atomic E-state index is 15.9. The summed E-state index contributed by atoms with van der Waals surface area (Å²) in [4.78, 5) is 40.1. The van der Waals surface area contributed by atoms with Gasteiger partial charge in [0, 0.05) is 37.8 Å². The number of rotatable bonds is 13. The number of H-pyrrole nitrogens is 1. The van der Waals surface area contributed by atoms with Crippen LogP contribution in [0.1, 0.15) is 45.0 Å². The molecule has 58 heavy (non-hydrogen) atoms. The lowest BCUT2D eigenvalue weighted by Gasteiger charge is -2.54. The van der Waals surface area contributed by atoms with Crippen molar-refractivity contribution in [1.82, 2.24) is 20.2 Å². The second kappa shape index (κ2) is 16.2. The first-order valence-corrected chi connectivity index (χ1v) is 19.4. The number of aromatic nitrogens is 2. The molecule has 290 valence electrons. The number of amides is 2. The number of hydrogen-bond acceptors (Lipinski definition) is 6. The summed E-state index contributed by atoms with van der Waals surface area (Å²) in [6.45, 7) is 0.207. The van der Waals surface area contributed by atoms with Crippen molar-refractivity contribution in [3.05, 3.63) is 209 Å². The molecule has 1 heterocycles. The Bertz CT molecular complexity index is 2370. The Hall–Kier alpha value is -7.13. The molecule has 9 nitrogen and oxygen atoms in total. The molecule has 0 fully saturated rings. The number of aromatic amines is 1. The molecule has 1 aliphatic rings. The number of carbonyl (C=O) groups is 2. The fourth-order valence-corrected chi connectivity index (χ4v) is 8.88. The van der Waals surface area contributed by atoms with Crippen molar-refractivity contribution < 1.29 is 24.5 Å². The van der Waals surface area contributed by atoms with Crippen LogP contribution in [-0.2, 0) is 27.8 Å². The summed E-state index contributed by atoms with van der Waals surface area (Å²) in [7, 11) is 1.65. The molecule has 7 aromatic rings. The van der Waals surface area contributed by atoms with Gasteiger partial charge in [-0.1, -0.05) is 146 Å². The molecule has 0 unspecified atom stereocenters. The van der Waals surface area contributed by atoms with Crippen LogP contribution in [0.4, 0.5) is 4.79 Å². The zero-order valence-corrected chi connectivity index (χ0v) is 32.1. The van der Waals surface area contributed by atoms with E-state index >= 15 is 9.59 Å². The molecular weight excluding hydrogens is 725 g/mol. The number of nitrogens with one attached hydrogen (secondary N) is 2. The number of hydrogen-bond donors (Lipinski definition) is 4. The second-order valence-electron chi connectivity index (χ2n) is 14.7. The fourth-order valence-electron chi connectivity index (χ4n) is 8.88. The minimum atomic E-state index is -1.76. The molecule has 9 heteroatoms. The Morgan fingerprint density at radius 1 is 0.724 bits per heavy atom. The van der Waals surface area contributed by atoms with E-state index in [4.69, 9.17) is 4.74 Å². The minimum absolute atomic E-state index is 0.0121. The summed E-state index contributed by atoms with van der Waals surface area (Å²) in [5.41, 5.74) is 4.95. The van der Waals surface area contributed by atoms with E-state index in [9.17, 15) is 10.2 Å². The van der Waals surface area contributed by atoms with Crippen LogP contribution in [0.2, 0.25) is 0 Å².